The van der Waals surface area contributed by atoms with E-state index in [2.05, 4.69) is 165 Å². The van der Waals surface area contributed by atoms with Crippen molar-refractivity contribution in [2.75, 3.05) is 4.90 Å². The topological polar surface area (TPSA) is 3.24 Å². The summed E-state index contributed by atoms with van der Waals surface area (Å²) in [5, 5.41) is 0. The molecule has 6 aromatic carbocycles. The van der Waals surface area contributed by atoms with E-state index >= 15 is 0 Å². The van der Waals surface area contributed by atoms with Crippen LogP contribution in [0.3, 0.4) is 0 Å². The quantitative estimate of drug-likeness (QED) is 0.128. The Kier molecular flexibility index (Phi) is 10.9. The molecule has 0 aliphatic heterocycles. The maximum absolute atomic E-state index is 2.51. The Hall–Kier alpha value is -4.88. The van der Waals surface area contributed by atoms with Crippen molar-refractivity contribution in [1.82, 2.24) is 0 Å². The Labute approximate surface area is 343 Å². The predicted molar refractivity (Wildman–Crippen MR) is 244 cm³/mol. The number of benzene rings is 6. The smallest absolute Gasteiger partial charge is 0.0465 e. The van der Waals surface area contributed by atoms with Crippen molar-refractivity contribution >= 4 is 17.1 Å². The number of rotatable bonds is 11. The van der Waals surface area contributed by atoms with Gasteiger partial charge in [0.15, 0.2) is 0 Å². The molecule has 0 heterocycles. The number of hydrogen-bond donors (Lipinski definition) is 0. The average Bonchev–Trinajstić information content (AvgIpc) is 3.55. The number of anilines is 3. The fourth-order valence-corrected chi connectivity index (χ4v) is 10.9. The zero-order valence-electron chi connectivity index (χ0n) is 34.7. The summed E-state index contributed by atoms with van der Waals surface area (Å²) in [5.74, 6) is 2.04. The Morgan fingerprint density at radius 2 is 1.04 bits per heavy atom. The Morgan fingerprint density at radius 3 is 1.61 bits per heavy atom. The minimum absolute atomic E-state index is 0.256. The summed E-state index contributed by atoms with van der Waals surface area (Å²) in [6, 6.07) is 54.4. The van der Waals surface area contributed by atoms with Crippen molar-refractivity contribution in [2.45, 2.75) is 127 Å². The van der Waals surface area contributed by atoms with Crippen molar-refractivity contribution in [3.8, 4) is 22.3 Å². The third-order valence-electron chi connectivity index (χ3n) is 14.3. The Balaban J connectivity index is 1.10. The molecular formula is C56H61N. The van der Waals surface area contributed by atoms with Gasteiger partial charge in [-0.15, -0.1) is 0 Å². The third-order valence-corrected chi connectivity index (χ3v) is 14.3. The van der Waals surface area contributed by atoms with Crippen molar-refractivity contribution in [2.24, 2.45) is 0 Å². The maximum atomic E-state index is 2.51. The molecule has 2 unspecified atom stereocenters. The van der Waals surface area contributed by atoms with Crippen LogP contribution in [0.2, 0.25) is 0 Å². The molecule has 0 aromatic heterocycles. The first-order chi connectivity index (χ1) is 28.0. The van der Waals surface area contributed by atoms with Crippen molar-refractivity contribution in [3.05, 3.63) is 173 Å². The van der Waals surface area contributed by atoms with E-state index in [1.807, 2.05) is 0 Å². The molecule has 2 fully saturated rings. The van der Waals surface area contributed by atoms with Crippen LogP contribution in [0.4, 0.5) is 17.1 Å². The molecule has 0 saturated heterocycles. The van der Waals surface area contributed by atoms with Crippen molar-refractivity contribution in [1.29, 1.82) is 0 Å². The van der Waals surface area contributed by atoms with Crippen molar-refractivity contribution in [3.63, 3.8) is 0 Å². The first-order valence-electron chi connectivity index (χ1n) is 22.5. The average molecular weight is 748 g/mol. The normalized spacial score (nSPS) is 18.9. The van der Waals surface area contributed by atoms with Crippen molar-refractivity contribution < 1.29 is 0 Å². The second-order valence-corrected chi connectivity index (χ2v) is 17.7. The summed E-state index contributed by atoms with van der Waals surface area (Å²) >= 11 is 0. The molecule has 0 bridgehead atoms. The van der Waals surface area contributed by atoms with Gasteiger partial charge in [0.2, 0.25) is 0 Å². The van der Waals surface area contributed by atoms with Gasteiger partial charge < -0.3 is 4.90 Å². The van der Waals surface area contributed by atoms with Gasteiger partial charge in [0, 0.05) is 22.5 Å². The van der Waals surface area contributed by atoms with E-state index < -0.39 is 0 Å². The fourth-order valence-electron chi connectivity index (χ4n) is 10.9. The SMILES string of the molecule is CCCC(CC)c1ccc(-c2ccc(N(c3ccc(C4CCCCC4)cc3)c3ccc4c(c3)C(C)(c3ccc(C5CCCCC5)cc3)c3ccccc3-4)cc2)cc1. The van der Waals surface area contributed by atoms with E-state index in [1.165, 1.54) is 156 Å². The summed E-state index contributed by atoms with van der Waals surface area (Å²) in [5.41, 5.74) is 17.2. The van der Waals surface area contributed by atoms with Crippen LogP contribution < -0.4 is 4.90 Å². The largest absolute Gasteiger partial charge is 0.310 e. The van der Waals surface area contributed by atoms with Gasteiger partial charge in [-0.05, 0) is 155 Å². The number of fused-ring (bicyclic) bond motifs is 3. The first-order valence-corrected chi connectivity index (χ1v) is 22.5. The lowest BCUT2D eigenvalue weighted by Gasteiger charge is -2.31. The molecule has 2 saturated carbocycles. The third kappa shape index (κ3) is 7.28. The maximum Gasteiger partial charge on any atom is 0.0465 e. The molecule has 3 aliphatic carbocycles. The highest BCUT2D eigenvalue weighted by atomic mass is 15.1. The second kappa shape index (κ2) is 16.5. The van der Waals surface area contributed by atoms with Crippen LogP contribution in [-0.4, -0.2) is 0 Å². The predicted octanol–water partition coefficient (Wildman–Crippen LogP) is 16.5. The van der Waals surface area contributed by atoms with Crippen LogP contribution in [0.5, 0.6) is 0 Å². The van der Waals surface area contributed by atoms with E-state index in [0.717, 1.165) is 0 Å². The molecule has 9 rings (SSSR count). The van der Waals surface area contributed by atoms with Gasteiger partial charge in [-0.25, -0.2) is 0 Å². The van der Waals surface area contributed by atoms with E-state index in [-0.39, 0.29) is 5.41 Å². The lowest BCUT2D eigenvalue weighted by atomic mass is 9.73. The van der Waals surface area contributed by atoms with Gasteiger partial charge in [0.1, 0.15) is 0 Å². The highest BCUT2D eigenvalue weighted by Gasteiger charge is 2.41. The molecule has 2 atom stereocenters. The highest BCUT2D eigenvalue weighted by molar-refractivity contribution is 5.87. The molecule has 0 amide bonds. The fraction of sp³-hybridized carbons (Fsp3) is 0.357. The molecular weight excluding hydrogens is 687 g/mol. The van der Waals surface area contributed by atoms with Crippen LogP contribution >= 0.6 is 0 Å². The second-order valence-electron chi connectivity index (χ2n) is 17.7. The molecule has 1 nitrogen and oxygen atoms in total. The minimum atomic E-state index is -0.256. The van der Waals surface area contributed by atoms with Crippen LogP contribution in [0.1, 0.15) is 155 Å². The standard InChI is InChI=1S/C56H61N/c1-4-14-40(5-2)43-21-23-44(24-22-43)47-29-35-50(36-30-47)57(49-33-27-46(28-34-49)42-17-10-7-11-18-42)51-37-38-53-52-19-12-13-20-54(52)56(3,55(53)39-51)48-31-25-45(26-32-48)41-15-8-6-9-16-41/h12-13,19-42H,4-11,14-18H2,1-3H3. The zero-order chi connectivity index (χ0) is 38.8. The molecule has 3 aliphatic rings. The minimum Gasteiger partial charge on any atom is -0.310 e. The van der Waals surface area contributed by atoms with E-state index in [1.54, 1.807) is 0 Å². The van der Waals surface area contributed by atoms with Gasteiger partial charge in [-0.2, -0.15) is 0 Å². The number of hydrogen-bond acceptors (Lipinski definition) is 1. The Morgan fingerprint density at radius 1 is 0.526 bits per heavy atom. The van der Waals surface area contributed by atoms with Gasteiger partial charge in [-0.1, -0.05) is 162 Å². The molecule has 0 spiro atoms. The molecule has 0 radical (unpaired) electrons. The van der Waals surface area contributed by atoms with Gasteiger partial charge >= 0.3 is 0 Å². The number of nitrogens with zero attached hydrogens (tertiary/aromatic N) is 1. The monoisotopic (exact) mass is 747 g/mol. The van der Waals surface area contributed by atoms with E-state index in [4.69, 9.17) is 0 Å². The van der Waals surface area contributed by atoms with Gasteiger partial charge in [0.25, 0.3) is 0 Å². The summed E-state index contributed by atoms with van der Waals surface area (Å²) < 4.78 is 0. The van der Waals surface area contributed by atoms with Crippen LogP contribution in [0.15, 0.2) is 140 Å². The van der Waals surface area contributed by atoms with Crippen LogP contribution in [0.25, 0.3) is 22.3 Å². The molecule has 290 valence electrons. The summed E-state index contributed by atoms with van der Waals surface area (Å²) in [6.45, 7) is 7.08. The van der Waals surface area contributed by atoms with Gasteiger partial charge in [0.05, 0.1) is 0 Å². The molecule has 6 aromatic rings. The highest BCUT2D eigenvalue weighted by Crippen LogP contribution is 2.54. The summed E-state index contributed by atoms with van der Waals surface area (Å²) in [6.07, 6.45) is 17.2. The first kappa shape index (κ1) is 37.7. The lowest BCUT2D eigenvalue weighted by Crippen LogP contribution is -2.23. The lowest BCUT2D eigenvalue weighted by molar-refractivity contribution is 0.443. The molecule has 0 N–H and O–H groups in total. The van der Waals surface area contributed by atoms with Crippen LogP contribution in [0, 0.1) is 0 Å². The van der Waals surface area contributed by atoms with E-state index in [0.29, 0.717) is 17.8 Å². The van der Waals surface area contributed by atoms with Crippen LogP contribution in [-0.2, 0) is 5.41 Å². The Bertz CT molecular complexity index is 2250. The molecule has 1 heteroatoms. The summed E-state index contributed by atoms with van der Waals surface area (Å²) in [4.78, 5) is 2.49. The summed E-state index contributed by atoms with van der Waals surface area (Å²) in [7, 11) is 0. The molecule has 57 heavy (non-hydrogen) atoms. The zero-order valence-corrected chi connectivity index (χ0v) is 34.7. The van der Waals surface area contributed by atoms with E-state index in [9.17, 15) is 0 Å². The van der Waals surface area contributed by atoms with Gasteiger partial charge in [-0.3, -0.25) is 0 Å².